The minimum Gasteiger partial charge on any atom is -0.350 e. The van der Waals surface area contributed by atoms with Crippen LogP contribution in [-0.2, 0) is 14.4 Å². The second-order valence-corrected chi connectivity index (χ2v) is 7.24. The van der Waals surface area contributed by atoms with E-state index < -0.39 is 24.0 Å². The fraction of sp³-hybridized carbons (Fsp3) is 0.812. The van der Waals surface area contributed by atoms with Crippen molar-refractivity contribution >= 4 is 17.7 Å². The molecule has 0 saturated carbocycles. The summed E-state index contributed by atoms with van der Waals surface area (Å²) in [5.74, 6) is -0.918. The van der Waals surface area contributed by atoms with Crippen LogP contribution < -0.4 is 21.3 Å². The Morgan fingerprint density at radius 2 is 1.09 bits per heavy atom. The standard InChI is InChI=1S/C16H32N4O3/c1-9(2)17-10(3)13(21)18-11(4)14(22)19-12(5)15(23)20-16(6,7)8/h9-12,17H,1-8H3,(H,18,21)(H,19,22)(H,20,23)/t10-,11-,12-/m0/s1. The first-order valence-corrected chi connectivity index (χ1v) is 8.02. The predicted molar refractivity (Wildman–Crippen MR) is 90.8 cm³/mol. The molecule has 0 unspecified atom stereocenters. The molecule has 0 heterocycles. The van der Waals surface area contributed by atoms with Gasteiger partial charge in [0, 0.05) is 11.6 Å². The van der Waals surface area contributed by atoms with Crippen molar-refractivity contribution in [3.8, 4) is 0 Å². The molecule has 0 bridgehead atoms. The summed E-state index contributed by atoms with van der Waals surface area (Å²) in [6.07, 6.45) is 0. The first-order chi connectivity index (χ1) is 10.3. The molecule has 0 aromatic heterocycles. The highest BCUT2D eigenvalue weighted by atomic mass is 16.2. The summed E-state index contributed by atoms with van der Waals surface area (Å²) in [5, 5.41) is 11.1. The fourth-order valence-corrected chi connectivity index (χ4v) is 1.86. The van der Waals surface area contributed by atoms with Gasteiger partial charge in [-0.2, -0.15) is 0 Å². The monoisotopic (exact) mass is 328 g/mol. The molecular formula is C16H32N4O3. The molecule has 0 rings (SSSR count). The third-order valence-corrected chi connectivity index (χ3v) is 2.98. The highest BCUT2D eigenvalue weighted by molar-refractivity contribution is 5.92. The van der Waals surface area contributed by atoms with Crippen LogP contribution in [0.25, 0.3) is 0 Å². The molecule has 3 amide bonds. The molecule has 0 spiro atoms. The van der Waals surface area contributed by atoms with Gasteiger partial charge in [-0.3, -0.25) is 14.4 Å². The molecule has 7 nitrogen and oxygen atoms in total. The van der Waals surface area contributed by atoms with E-state index in [1.165, 1.54) is 0 Å². The summed E-state index contributed by atoms with van der Waals surface area (Å²) in [5.41, 5.74) is -0.367. The van der Waals surface area contributed by atoms with Crippen LogP contribution in [0, 0.1) is 0 Å². The minimum atomic E-state index is -0.719. The zero-order valence-electron chi connectivity index (χ0n) is 15.5. The molecule has 3 atom stereocenters. The Labute approximate surface area is 139 Å². The molecule has 0 aliphatic heterocycles. The summed E-state index contributed by atoms with van der Waals surface area (Å²) in [6, 6.07) is -1.62. The third-order valence-electron chi connectivity index (χ3n) is 2.98. The van der Waals surface area contributed by atoms with Gasteiger partial charge >= 0.3 is 0 Å². The predicted octanol–water partition coefficient (Wildman–Crippen LogP) is 0.297. The van der Waals surface area contributed by atoms with Crippen molar-refractivity contribution in [3.63, 3.8) is 0 Å². The maximum absolute atomic E-state index is 12.1. The molecule has 4 N–H and O–H groups in total. The van der Waals surface area contributed by atoms with Gasteiger partial charge in [0.1, 0.15) is 12.1 Å². The number of nitrogens with one attached hydrogen (secondary N) is 4. The highest BCUT2D eigenvalue weighted by Gasteiger charge is 2.24. The zero-order chi connectivity index (χ0) is 18.4. The minimum absolute atomic E-state index is 0.168. The Hall–Kier alpha value is -1.63. The van der Waals surface area contributed by atoms with Crippen LogP contribution >= 0.6 is 0 Å². The zero-order valence-corrected chi connectivity index (χ0v) is 15.5. The molecule has 134 valence electrons. The lowest BCUT2D eigenvalue weighted by Gasteiger charge is -2.25. The van der Waals surface area contributed by atoms with Gasteiger partial charge in [0.05, 0.1) is 6.04 Å². The maximum Gasteiger partial charge on any atom is 0.242 e. The first kappa shape index (κ1) is 21.4. The van der Waals surface area contributed by atoms with Crippen LogP contribution in [0.5, 0.6) is 0 Å². The Morgan fingerprint density at radius 3 is 1.48 bits per heavy atom. The molecule has 23 heavy (non-hydrogen) atoms. The number of rotatable bonds is 7. The van der Waals surface area contributed by atoms with E-state index in [2.05, 4.69) is 21.3 Å². The van der Waals surface area contributed by atoms with Gasteiger partial charge in [0.25, 0.3) is 0 Å². The number of carbonyl (C=O) groups excluding carboxylic acids is 3. The van der Waals surface area contributed by atoms with Gasteiger partial charge < -0.3 is 21.3 Å². The van der Waals surface area contributed by atoms with E-state index >= 15 is 0 Å². The molecule has 7 heteroatoms. The van der Waals surface area contributed by atoms with Crippen LogP contribution in [0.2, 0.25) is 0 Å². The summed E-state index contributed by atoms with van der Waals surface area (Å²) < 4.78 is 0. The Kier molecular flexibility index (Phi) is 8.23. The summed E-state index contributed by atoms with van der Waals surface area (Å²) in [7, 11) is 0. The van der Waals surface area contributed by atoms with Crippen molar-refractivity contribution in [1.82, 2.24) is 21.3 Å². The van der Waals surface area contributed by atoms with Crippen molar-refractivity contribution in [2.24, 2.45) is 0 Å². The van der Waals surface area contributed by atoms with E-state index in [0.29, 0.717) is 0 Å². The number of hydrogen-bond donors (Lipinski definition) is 4. The van der Waals surface area contributed by atoms with Crippen LogP contribution in [-0.4, -0.2) is 47.4 Å². The number of hydrogen-bond acceptors (Lipinski definition) is 4. The van der Waals surface area contributed by atoms with Crippen molar-refractivity contribution in [3.05, 3.63) is 0 Å². The van der Waals surface area contributed by atoms with Gasteiger partial charge in [-0.25, -0.2) is 0 Å². The smallest absolute Gasteiger partial charge is 0.242 e. The number of carbonyl (C=O) groups is 3. The lowest BCUT2D eigenvalue weighted by atomic mass is 10.1. The van der Waals surface area contributed by atoms with E-state index in [4.69, 9.17) is 0 Å². The Balaban J connectivity index is 4.45. The average molecular weight is 328 g/mol. The molecular weight excluding hydrogens is 296 g/mol. The summed E-state index contributed by atoms with van der Waals surface area (Å²) >= 11 is 0. The van der Waals surface area contributed by atoms with E-state index in [0.717, 1.165) is 0 Å². The lowest BCUT2D eigenvalue weighted by molar-refractivity contribution is -0.132. The van der Waals surface area contributed by atoms with Gasteiger partial charge in [-0.15, -0.1) is 0 Å². The summed E-state index contributed by atoms with van der Waals surface area (Å²) in [4.78, 5) is 36.0. The van der Waals surface area contributed by atoms with Crippen molar-refractivity contribution in [2.75, 3.05) is 0 Å². The van der Waals surface area contributed by atoms with E-state index in [9.17, 15) is 14.4 Å². The molecule has 0 radical (unpaired) electrons. The first-order valence-electron chi connectivity index (χ1n) is 8.02. The Bertz CT molecular complexity index is 430. The molecule has 0 aliphatic rings. The normalized spacial score (nSPS) is 15.5. The average Bonchev–Trinajstić information content (AvgIpc) is 2.35. The molecule has 0 aliphatic carbocycles. The maximum atomic E-state index is 12.1. The number of amides is 3. The largest absolute Gasteiger partial charge is 0.350 e. The van der Waals surface area contributed by atoms with Crippen LogP contribution in [0.4, 0.5) is 0 Å². The Morgan fingerprint density at radius 1 is 0.696 bits per heavy atom. The van der Waals surface area contributed by atoms with Gasteiger partial charge in [0.2, 0.25) is 17.7 Å². The molecule has 0 saturated heterocycles. The van der Waals surface area contributed by atoms with E-state index in [-0.39, 0.29) is 23.4 Å². The van der Waals surface area contributed by atoms with Gasteiger partial charge in [-0.05, 0) is 41.5 Å². The SMILES string of the molecule is CC(C)N[C@@H](C)C(=O)N[C@@H](C)C(=O)N[C@@H](C)C(=O)NC(C)(C)C. The highest BCUT2D eigenvalue weighted by Crippen LogP contribution is 1.99. The van der Waals surface area contributed by atoms with Crippen molar-refractivity contribution in [2.45, 2.75) is 85.1 Å². The van der Waals surface area contributed by atoms with Crippen LogP contribution in [0.3, 0.4) is 0 Å². The lowest BCUT2D eigenvalue weighted by Crippen LogP contribution is -2.56. The topological polar surface area (TPSA) is 99.3 Å². The second kappa shape index (κ2) is 8.86. The van der Waals surface area contributed by atoms with E-state index in [1.807, 2.05) is 34.6 Å². The van der Waals surface area contributed by atoms with Crippen LogP contribution in [0.1, 0.15) is 55.4 Å². The van der Waals surface area contributed by atoms with E-state index in [1.54, 1.807) is 20.8 Å². The fourth-order valence-electron chi connectivity index (χ4n) is 1.86. The van der Waals surface area contributed by atoms with Gasteiger partial charge in [0.15, 0.2) is 0 Å². The third kappa shape index (κ3) is 9.18. The van der Waals surface area contributed by atoms with Crippen molar-refractivity contribution < 1.29 is 14.4 Å². The molecule has 0 aromatic carbocycles. The van der Waals surface area contributed by atoms with Crippen LogP contribution in [0.15, 0.2) is 0 Å². The molecule has 0 aromatic rings. The molecule has 0 fully saturated rings. The quantitative estimate of drug-likeness (QED) is 0.540. The van der Waals surface area contributed by atoms with Gasteiger partial charge in [-0.1, -0.05) is 13.8 Å². The second-order valence-electron chi connectivity index (χ2n) is 7.24. The summed E-state index contributed by atoms with van der Waals surface area (Å²) in [6.45, 7) is 14.4. The van der Waals surface area contributed by atoms with Crippen molar-refractivity contribution in [1.29, 1.82) is 0 Å².